The Balaban J connectivity index is 2.15. The minimum atomic E-state index is 0.630. The highest BCUT2D eigenvalue weighted by molar-refractivity contribution is 5.03. The average molecular weight is 181 g/mol. The highest BCUT2D eigenvalue weighted by atomic mass is 14.9. The van der Waals surface area contributed by atoms with E-state index in [1.807, 2.05) is 0 Å². The van der Waals surface area contributed by atoms with Crippen molar-refractivity contribution in [3.63, 3.8) is 0 Å². The van der Waals surface area contributed by atoms with E-state index < -0.39 is 0 Å². The molecule has 0 spiro atoms. The van der Waals surface area contributed by atoms with Gasteiger partial charge in [-0.3, -0.25) is 0 Å². The number of hydrogen-bond donors (Lipinski definition) is 1. The third-order valence-electron chi connectivity index (χ3n) is 5.01. The van der Waals surface area contributed by atoms with Crippen molar-refractivity contribution in [3.05, 3.63) is 0 Å². The van der Waals surface area contributed by atoms with Gasteiger partial charge in [-0.1, -0.05) is 20.8 Å². The van der Waals surface area contributed by atoms with E-state index in [2.05, 4.69) is 33.1 Å². The van der Waals surface area contributed by atoms with Crippen molar-refractivity contribution in [2.24, 2.45) is 23.2 Å². The molecule has 3 fully saturated rings. The van der Waals surface area contributed by atoms with E-state index in [-0.39, 0.29) is 0 Å². The quantitative estimate of drug-likeness (QED) is 0.656. The molecule has 0 aromatic rings. The Morgan fingerprint density at radius 3 is 2.46 bits per heavy atom. The lowest BCUT2D eigenvalue weighted by Gasteiger charge is -2.53. The van der Waals surface area contributed by atoms with Crippen LogP contribution in [0.15, 0.2) is 0 Å². The van der Waals surface area contributed by atoms with Crippen molar-refractivity contribution >= 4 is 0 Å². The normalized spacial score (nSPS) is 48.0. The van der Waals surface area contributed by atoms with E-state index in [9.17, 15) is 0 Å². The molecule has 0 aromatic carbocycles. The molecule has 0 aliphatic heterocycles. The van der Waals surface area contributed by atoms with Gasteiger partial charge in [0.1, 0.15) is 0 Å². The van der Waals surface area contributed by atoms with Crippen molar-refractivity contribution in [3.8, 4) is 0 Å². The predicted octanol–water partition coefficient (Wildman–Crippen LogP) is 2.67. The molecular formula is C12H23N. The first-order valence-corrected chi connectivity index (χ1v) is 5.74. The lowest BCUT2D eigenvalue weighted by Crippen LogP contribution is -2.48. The Morgan fingerprint density at radius 2 is 1.92 bits per heavy atom. The number of fused-ring (bicyclic) bond motifs is 3. The number of rotatable bonds is 1. The van der Waals surface area contributed by atoms with Gasteiger partial charge in [0, 0.05) is 6.04 Å². The molecule has 1 heteroatoms. The third-order valence-corrected chi connectivity index (χ3v) is 5.01. The molecule has 0 saturated heterocycles. The molecule has 3 rings (SSSR count). The van der Waals surface area contributed by atoms with Crippen molar-refractivity contribution in [2.45, 2.75) is 46.1 Å². The maximum Gasteiger partial charge on any atom is 0.00926 e. The lowest BCUT2D eigenvalue weighted by atomic mass is 9.52. The third kappa shape index (κ3) is 1.24. The Bertz CT molecular complexity index is 197. The van der Waals surface area contributed by atoms with E-state index in [0.717, 1.165) is 23.8 Å². The van der Waals surface area contributed by atoms with Crippen LogP contribution >= 0.6 is 0 Å². The van der Waals surface area contributed by atoms with Crippen LogP contribution in [0.3, 0.4) is 0 Å². The average Bonchev–Trinajstić information content (AvgIpc) is 2.30. The highest BCUT2D eigenvalue weighted by Gasteiger charge is 2.52. The summed E-state index contributed by atoms with van der Waals surface area (Å²) in [5, 5.41) is 3.49. The zero-order valence-electron chi connectivity index (χ0n) is 9.43. The molecule has 0 radical (unpaired) electrons. The highest BCUT2D eigenvalue weighted by Crippen LogP contribution is 2.59. The van der Waals surface area contributed by atoms with Crippen LogP contribution in [0.1, 0.15) is 40.0 Å². The van der Waals surface area contributed by atoms with Crippen LogP contribution in [-0.4, -0.2) is 13.1 Å². The number of hydrogen-bond acceptors (Lipinski definition) is 1. The zero-order valence-corrected chi connectivity index (χ0v) is 9.43. The maximum absolute atomic E-state index is 3.49. The van der Waals surface area contributed by atoms with Crippen LogP contribution in [0.4, 0.5) is 0 Å². The topological polar surface area (TPSA) is 12.0 Å². The van der Waals surface area contributed by atoms with Crippen molar-refractivity contribution in [2.75, 3.05) is 7.05 Å². The summed E-state index contributed by atoms with van der Waals surface area (Å²) in [5.74, 6) is 2.86. The van der Waals surface area contributed by atoms with E-state index in [1.54, 1.807) is 0 Å². The fourth-order valence-corrected chi connectivity index (χ4v) is 3.77. The molecule has 4 atom stereocenters. The van der Waals surface area contributed by atoms with Crippen molar-refractivity contribution in [1.29, 1.82) is 0 Å². The van der Waals surface area contributed by atoms with Gasteiger partial charge in [0.2, 0.25) is 0 Å². The van der Waals surface area contributed by atoms with Gasteiger partial charge >= 0.3 is 0 Å². The summed E-state index contributed by atoms with van der Waals surface area (Å²) in [6.07, 6.45) is 4.33. The summed E-state index contributed by atoms with van der Waals surface area (Å²) in [6, 6.07) is 0.775. The van der Waals surface area contributed by atoms with Crippen LogP contribution in [-0.2, 0) is 0 Å². The summed E-state index contributed by atoms with van der Waals surface area (Å²) in [4.78, 5) is 0. The van der Waals surface area contributed by atoms with E-state index in [4.69, 9.17) is 0 Å². The molecule has 0 amide bonds. The standard InChI is InChI=1S/C12H23N/c1-8-10-7-9(12(10,2)3)5-6-11(8)13-4/h8-11,13H,5-7H2,1-4H3/t8-,9+,10+,11?/m1/s1. The maximum atomic E-state index is 3.49. The molecular weight excluding hydrogens is 158 g/mol. The molecule has 1 nitrogen and oxygen atoms in total. The molecule has 0 aromatic heterocycles. The summed E-state index contributed by atoms with van der Waals surface area (Å²) < 4.78 is 0. The predicted molar refractivity (Wildman–Crippen MR) is 56.6 cm³/mol. The molecule has 3 aliphatic carbocycles. The van der Waals surface area contributed by atoms with E-state index in [1.165, 1.54) is 19.3 Å². The fraction of sp³-hybridized carbons (Fsp3) is 1.00. The molecule has 13 heavy (non-hydrogen) atoms. The van der Waals surface area contributed by atoms with Gasteiger partial charge in [-0.05, 0) is 49.5 Å². The van der Waals surface area contributed by atoms with Crippen LogP contribution < -0.4 is 5.32 Å². The molecule has 76 valence electrons. The zero-order chi connectivity index (χ0) is 9.64. The smallest absolute Gasteiger partial charge is 0.00926 e. The van der Waals surface area contributed by atoms with Crippen LogP contribution in [0.5, 0.6) is 0 Å². The van der Waals surface area contributed by atoms with Gasteiger partial charge in [0.15, 0.2) is 0 Å². The molecule has 3 saturated carbocycles. The summed E-state index contributed by atoms with van der Waals surface area (Å²) in [7, 11) is 2.12. The fourth-order valence-electron chi connectivity index (χ4n) is 3.77. The Kier molecular flexibility index (Phi) is 2.18. The lowest BCUT2D eigenvalue weighted by molar-refractivity contribution is -0.0426. The van der Waals surface area contributed by atoms with E-state index in [0.29, 0.717) is 5.41 Å². The van der Waals surface area contributed by atoms with E-state index >= 15 is 0 Å². The molecule has 3 aliphatic rings. The van der Waals surface area contributed by atoms with Gasteiger partial charge in [0.25, 0.3) is 0 Å². The molecule has 1 N–H and O–H groups in total. The molecule has 2 bridgehead atoms. The summed E-state index contributed by atoms with van der Waals surface area (Å²) in [6.45, 7) is 7.38. The Morgan fingerprint density at radius 1 is 1.23 bits per heavy atom. The molecule has 0 heterocycles. The second kappa shape index (κ2) is 2.98. The van der Waals surface area contributed by atoms with Crippen molar-refractivity contribution < 1.29 is 0 Å². The minimum absolute atomic E-state index is 0.630. The van der Waals surface area contributed by atoms with Gasteiger partial charge < -0.3 is 5.32 Å². The first-order chi connectivity index (χ1) is 6.07. The molecule has 1 unspecified atom stereocenters. The van der Waals surface area contributed by atoms with Crippen molar-refractivity contribution in [1.82, 2.24) is 5.32 Å². The largest absolute Gasteiger partial charge is 0.317 e. The second-order valence-electron chi connectivity index (χ2n) is 5.69. The SMILES string of the molecule is CNC1CC[C@H]2C[C@@H]([C@H]1C)C2(C)C. The van der Waals surface area contributed by atoms with Gasteiger partial charge in [0.05, 0.1) is 0 Å². The van der Waals surface area contributed by atoms with Crippen LogP contribution in [0.25, 0.3) is 0 Å². The summed E-state index contributed by atoms with van der Waals surface area (Å²) in [5.41, 5.74) is 0.630. The van der Waals surface area contributed by atoms with Crippen LogP contribution in [0, 0.1) is 23.2 Å². The van der Waals surface area contributed by atoms with Gasteiger partial charge in [-0.15, -0.1) is 0 Å². The van der Waals surface area contributed by atoms with Gasteiger partial charge in [-0.2, -0.15) is 0 Å². The monoisotopic (exact) mass is 181 g/mol. The first-order valence-electron chi connectivity index (χ1n) is 5.74. The second-order valence-corrected chi connectivity index (χ2v) is 5.69. The summed E-state index contributed by atoms with van der Waals surface area (Å²) >= 11 is 0. The number of nitrogens with one attached hydrogen (secondary N) is 1. The Hall–Kier alpha value is -0.0400. The minimum Gasteiger partial charge on any atom is -0.317 e. The Labute approximate surface area is 82.3 Å². The first kappa shape index (κ1) is 9.51. The van der Waals surface area contributed by atoms with Crippen LogP contribution in [0.2, 0.25) is 0 Å². The van der Waals surface area contributed by atoms with Gasteiger partial charge in [-0.25, -0.2) is 0 Å².